The third kappa shape index (κ3) is 4.54. The summed E-state index contributed by atoms with van der Waals surface area (Å²) < 4.78 is 23.6. The molecule has 142 valence electrons. The number of anilines is 1. The Labute approximate surface area is 158 Å². The van der Waals surface area contributed by atoms with Crippen LogP contribution in [0.25, 0.3) is 0 Å². The summed E-state index contributed by atoms with van der Waals surface area (Å²) in [5.41, 5.74) is 2.42. The highest BCUT2D eigenvalue weighted by Gasteiger charge is 2.23. The molecule has 0 saturated heterocycles. The number of carbonyl (C=O) groups excluding carboxylic acids is 1. The van der Waals surface area contributed by atoms with Crippen LogP contribution in [0.2, 0.25) is 0 Å². The lowest BCUT2D eigenvalue weighted by atomic mass is 9.81. The van der Waals surface area contributed by atoms with Crippen LogP contribution in [0.5, 0.6) is 0 Å². The molecule has 2 N–H and O–H groups in total. The van der Waals surface area contributed by atoms with Gasteiger partial charge in [-0.25, -0.2) is 13.2 Å². The Morgan fingerprint density at radius 2 is 1.93 bits per heavy atom. The predicted molar refractivity (Wildman–Crippen MR) is 102 cm³/mol. The van der Waals surface area contributed by atoms with Gasteiger partial charge in [-0.3, -0.25) is 4.79 Å². The first-order valence-corrected chi connectivity index (χ1v) is 10.6. The van der Waals surface area contributed by atoms with E-state index in [0.717, 1.165) is 31.6 Å². The predicted octanol–water partition coefficient (Wildman–Crippen LogP) is 3.24. The van der Waals surface area contributed by atoms with Crippen LogP contribution in [-0.2, 0) is 21.1 Å². The average molecular weight is 387 g/mol. The summed E-state index contributed by atoms with van der Waals surface area (Å²) in [7, 11) is -3.60. The molecule has 1 aliphatic rings. The lowest BCUT2D eigenvalue weighted by Crippen LogP contribution is -2.19. The summed E-state index contributed by atoms with van der Waals surface area (Å²) in [6.45, 7) is 0. The van der Waals surface area contributed by atoms with Crippen molar-refractivity contribution >= 4 is 27.4 Å². The first-order valence-electron chi connectivity index (χ1n) is 8.70. The summed E-state index contributed by atoms with van der Waals surface area (Å²) in [5, 5.41) is 11.9. The van der Waals surface area contributed by atoms with Gasteiger partial charge in [0.1, 0.15) is 0 Å². The van der Waals surface area contributed by atoms with Gasteiger partial charge in [0.25, 0.3) is 0 Å². The van der Waals surface area contributed by atoms with Crippen molar-refractivity contribution in [2.45, 2.75) is 36.5 Å². The average Bonchev–Trinajstić information content (AvgIpc) is 2.61. The molecule has 7 heteroatoms. The van der Waals surface area contributed by atoms with E-state index in [1.54, 1.807) is 0 Å². The maximum absolute atomic E-state index is 12.5. The quantitative estimate of drug-likeness (QED) is 0.820. The number of amides is 1. The van der Waals surface area contributed by atoms with Gasteiger partial charge in [-0.2, -0.15) is 0 Å². The van der Waals surface area contributed by atoms with E-state index >= 15 is 0 Å². The summed E-state index contributed by atoms with van der Waals surface area (Å²) in [4.78, 5) is 23.7. The summed E-state index contributed by atoms with van der Waals surface area (Å²) >= 11 is 0. The summed E-state index contributed by atoms with van der Waals surface area (Å²) in [5.74, 6) is -1.41. The minimum absolute atomic E-state index is 0.104. The largest absolute Gasteiger partial charge is 0.478 e. The smallest absolute Gasteiger partial charge is 0.335 e. The van der Waals surface area contributed by atoms with E-state index in [1.165, 1.54) is 23.3 Å². The molecule has 1 aliphatic carbocycles. The second-order valence-corrected chi connectivity index (χ2v) is 8.88. The molecule has 2 aromatic rings. The molecule has 1 atom stereocenters. The maximum atomic E-state index is 12.5. The molecular weight excluding hydrogens is 366 g/mol. The fourth-order valence-electron chi connectivity index (χ4n) is 3.51. The standard InChI is InChI=1S/C20H21NO5S/c1-27(25,26)17-10-15(20(23)24)9-16(12-17)21-19(22)11-14-7-4-6-13-5-2-3-8-18(13)14/h2-3,5,8-10,12,14H,4,6-7,11H2,1H3,(H,21,22)(H,23,24). The van der Waals surface area contributed by atoms with Crippen molar-refractivity contribution in [2.75, 3.05) is 11.6 Å². The van der Waals surface area contributed by atoms with Gasteiger partial charge in [-0.05, 0) is 54.5 Å². The minimum Gasteiger partial charge on any atom is -0.478 e. The van der Waals surface area contributed by atoms with Crippen LogP contribution in [0.4, 0.5) is 5.69 Å². The number of hydrogen-bond acceptors (Lipinski definition) is 4. The summed E-state index contributed by atoms with van der Waals surface area (Å²) in [6, 6.07) is 11.7. The minimum atomic E-state index is -3.60. The number of carboxylic acid groups (broad SMARTS) is 1. The van der Waals surface area contributed by atoms with Gasteiger partial charge < -0.3 is 10.4 Å². The Bertz CT molecular complexity index is 997. The number of fused-ring (bicyclic) bond motifs is 1. The molecule has 0 heterocycles. The van der Waals surface area contributed by atoms with Crippen molar-refractivity contribution in [3.63, 3.8) is 0 Å². The van der Waals surface area contributed by atoms with Gasteiger partial charge in [0.15, 0.2) is 9.84 Å². The molecule has 2 aromatic carbocycles. The number of aryl methyl sites for hydroxylation is 1. The second-order valence-electron chi connectivity index (χ2n) is 6.86. The third-order valence-electron chi connectivity index (χ3n) is 4.79. The number of hydrogen-bond donors (Lipinski definition) is 2. The number of sulfone groups is 1. The van der Waals surface area contributed by atoms with Gasteiger partial charge in [0, 0.05) is 18.4 Å². The van der Waals surface area contributed by atoms with Crippen LogP contribution in [0.15, 0.2) is 47.4 Å². The maximum Gasteiger partial charge on any atom is 0.335 e. The van der Waals surface area contributed by atoms with Crippen LogP contribution in [0, 0.1) is 0 Å². The molecule has 0 saturated carbocycles. The monoisotopic (exact) mass is 387 g/mol. The van der Waals surface area contributed by atoms with E-state index in [4.69, 9.17) is 0 Å². The van der Waals surface area contributed by atoms with Gasteiger partial charge >= 0.3 is 5.97 Å². The molecule has 27 heavy (non-hydrogen) atoms. The lowest BCUT2D eigenvalue weighted by Gasteiger charge is -2.25. The van der Waals surface area contributed by atoms with Gasteiger partial charge in [0.2, 0.25) is 5.91 Å². The number of carbonyl (C=O) groups is 2. The lowest BCUT2D eigenvalue weighted by molar-refractivity contribution is -0.116. The fraction of sp³-hybridized carbons (Fsp3) is 0.300. The number of rotatable bonds is 5. The van der Waals surface area contributed by atoms with Crippen molar-refractivity contribution in [3.05, 3.63) is 59.2 Å². The Balaban J connectivity index is 1.81. The molecule has 0 spiro atoms. The zero-order chi connectivity index (χ0) is 19.6. The highest BCUT2D eigenvalue weighted by atomic mass is 32.2. The van der Waals surface area contributed by atoms with Crippen LogP contribution in [0.3, 0.4) is 0 Å². The van der Waals surface area contributed by atoms with Crippen molar-refractivity contribution < 1.29 is 23.1 Å². The van der Waals surface area contributed by atoms with Crippen LogP contribution in [0.1, 0.15) is 46.7 Å². The van der Waals surface area contributed by atoms with Gasteiger partial charge in [-0.1, -0.05) is 24.3 Å². The van der Waals surface area contributed by atoms with Crippen molar-refractivity contribution in [1.82, 2.24) is 0 Å². The number of aromatic carboxylic acids is 1. The normalized spacial score (nSPS) is 16.4. The highest BCUT2D eigenvalue weighted by Crippen LogP contribution is 2.34. The van der Waals surface area contributed by atoms with Crippen LogP contribution < -0.4 is 5.32 Å². The molecule has 6 nitrogen and oxygen atoms in total. The van der Waals surface area contributed by atoms with Crippen molar-refractivity contribution in [1.29, 1.82) is 0 Å². The Morgan fingerprint density at radius 1 is 1.19 bits per heavy atom. The SMILES string of the molecule is CS(=O)(=O)c1cc(NC(=O)CC2CCCc3ccccc32)cc(C(=O)O)c1. The molecule has 0 aliphatic heterocycles. The first kappa shape index (κ1) is 19.1. The zero-order valence-electron chi connectivity index (χ0n) is 14.9. The molecule has 1 unspecified atom stereocenters. The Morgan fingerprint density at radius 3 is 2.63 bits per heavy atom. The molecule has 0 aromatic heterocycles. The van der Waals surface area contributed by atoms with Crippen molar-refractivity contribution in [3.8, 4) is 0 Å². The third-order valence-corrected chi connectivity index (χ3v) is 5.88. The molecule has 3 rings (SSSR count). The van der Waals surface area contributed by atoms with E-state index < -0.39 is 15.8 Å². The molecule has 0 fully saturated rings. The van der Waals surface area contributed by atoms with Crippen molar-refractivity contribution in [2.24, 2.45) is 0 Å². The molecular formula is C20H21NO5S. The van der Waals surface area contributed by atoms with E-state index in [0.29, 0.717) is 0 Å². The number of nitrogens with one attached hydrogen (secondary N) is 1. The van der Waals surface area contributed by atoms with E-state index in [9.17, 15) is 23.1 Å². The highest BCUT2D eigenvalue weighted by molar-refractivity contribution is 7.90. The van der Waals surface area contributed by atoms with Gasteiger partial charge in [0.05, 0.1) is 10.5 Å². The Hall–Kier alpha value is -2.67. The van der Waals surface area contributed by atoms with E-state index in [2.05, 4.69) is 11.4 Å². The van der Waals surface area contributed by atoms with E-state index in [-0.39, 0.29) is 34.4 Å². The first-order chi connectivity index (χ1) is 12.7. The molecule has 1 amide bonds. The van der Waals surface area contributed by atoms with Crippen LogP contribution >= 0.6 is 0 Å². The van der Waals surface area contributed by atoms with E-state index in [1.807, 2.05) is 18.2 Å². The molecule has 0 bridgehead atoms. The number of carboxylic acids is 1. The molecule has 0 radical (unpaired) electrons. The Kier molecular flexibility index (Phi) is 5.32. The second kappa shape index (κ2) is 7.52. The summed E-state index contributed by atoms with van der Waals surface area (Å²) in [6.07, 6.45) is 4.20. The van der Waals surface area contributed by atoms with Gasteiger partial charge in [-0.15, -0.1) is 0 Å². The van der Waals surface area contributed by atoms with Crippen LogP contribution in [-0.4, -0.2) is 31.7 Å². The topological polar surface area (TPSA) is 101 Å². The number of benzene rings is 2. The zero-order valence-corrected chi connectivity index (χ0v) is 15.8. The fourth-order valence-corrected chi connectivity index (χ4v) is 4.19.